The molecule has 0 aliphatic carbocycles. The minimum absolute atomic E-state index is 0.188. The van der Waals surface area contributed by atoms with E-state index in [-0.39, 0.29) is 17.8 Å². The molecule has 1 fully saturated rings. The molecule has 248 valence electrons. The van der Waals surface area contributed by atoms with Gasteiger partial charge in [-0.1, -0.05) is 55.9 Å². The third-order valence-corrected chi connectivity index (χ3v) is 8.67. The summed E-state index contributed by atoms with van der Waals surface area (Å²) in [6, 6.07) is 19.1. The van der Waals surface area contributed by atoms with Crippen molar-refractivity contribution in [2.75, 3.05) is 24.3 Å². The van der Waals surface area contributed by atoms with Gasteiger partial charge in [-0.15, -0.1) is 18.3 Å². The Hall–Kier alpha value is -4.52. The molecule has 2 amide bonds. The number of carbonyl (C=O) groups excluding carboxylic acids is 1. The van der Waals surface area contributed by atoms with Crippen LogP contribution in [0.25, 0.3) is 17.1 Å². The molecule has 1 N–H and O–H groups in total. The number of amides is 2. The van der Waals surface area contributed by atoms with Crippen molar-refractivity contribution >= 4 is 28.6 Å². The largest absolute Gasteiger partial charge is 0.573 e. The van der Waals surface area contributed by atoms with Crippen LogP contribution in [0.2, 0.25) is 0 Å². The SMILES string of the molecule is COc1ccc(C(C)C)c(N2C(=NC(=O)NCCCc3ccc(-c4ncn(-c5ccc(OC(F)(F)F)cc5)n4)cc3)SCCC2C)c1. The molecule has 5 rings (SSSR count). The van der Waals surface area contributed by atoms with E-state index in [1.807, 2.05) is 36.4 Å². The number of benzene rings is 3. The highest BCUT2D eigenvalue weighted by molar-refractivity contribution is 8.14. The van der Waals surface area contributed by atoms with Crippen LogP contribution in [0.5, 0.6) is 11.5 Å². The van der Waals surface area contributed by atoms with Gasteiger partial charge in [0, 0.05) is 30.0 Å². The van der Waals surface area contributed by atoms with Gasteiger partial charge >= 0.3 is 12.4 Å². The fourth-order valence-electron chi connectivity index (χ4n) is 5.24. The van der Waals surface area contributed by atoms with Crippen LogP contribution >= 0.6 is 11.8 Å². The molecular formula is C34H37F3N6O3S. The van der Waals surface area contributed by atoms with Gasteiger partial charge < -0.3 is 19.7 Å². The quantitative estimate of drug-likeness (QED) is 0.172. The van der Waals surface area contributed by atoms with Crippen LogP contribution in [0.3, 0.4) is 0 Å². The summed E-state index contributed by atoms with van der Waals surface area (Å²) in [5.41, 5.74) is 4.64. The number of hydrogen-bond acceptors (Lipinski definition) is 6. The Bertz CT molecular complexity index is 1690. The topological polar surface area (TPSA) is 93.9 Å². The number of aliphatic imine (C=N–C) groups is 1. The molecule has 0 saturated carbocycles. The van der Waals surface area contributed by atoms with E-state index in [0.29, 0.717) is 29.1 Å². The van der Waals surface area contributed by atoms with Crippen LogP contribution in [0, 0.1) is 0 Å². The molecule has 1 unspecified atom stereocenters. The maximum Gasteiger partial charge on any atom is 0.573 e. The summed E-state index contributed by atoms with van der Waals surface area (Å²) in [6.07, 6.45) is -0.777. The summed E-state index contributed by atoms with van der Waals surface area (Å²) in [4.78, 5) is 23.9. The second-order valence-electron chi connectivity index (χ2n) is 11.4. The number of aromatic nitrogens is 3. The van der Waals surface area contributed by atoms with Gasteiger partial charge in [-0.3, -0.25) is 0 Å². The van der Waals surface area contributed by atoms with Crippen LogP contribution in [0.4, 0.5) is 23.7 Å². The molecular weight excluding hydrogens is 629 g/mol. The number of nitrogens with one attached hydrogen (secondary N) is 1. The smallest absolute Gasteiger partial charge is 0.497 e. The van der Waals surface area contributed by atoms with E-state index >= 15 is 0 Å². The second kappa shape index (κ2) is 14.9. The number of methoxy groups -OCH3 is 1. The third-order valence-electron chi connectivity index (χ3n) is 7.69. The highest BCUT2D eigenvalue weighted by Gasteiger charge is 2.31. The third kappa shape index (κ3) is 8.85. The molecule has 9 nitrogen and oxygen atoms in total. The lowest BCUT2D eigenvalue weighted by atomic mass is 9.99. The highest BCUT2D eigenvalue weighted by atomic mass is 32.2. The van der Waals surface area contributed by atoms with Crippen LogP contribution < -0.4 is 19.7 Å². The Morgan fingerprint density at radius 3 is 2.49 bits per heavy atom. The van der Waals surface area contributed by atoms with E-state index in [2.05, 4.69) is 56.9 Å². The molecule has 3 aromatic carbocycles. The first-order chi connectivity index (χ1) is 22.5. The molecule has 1 aliphatic rings. The molecule has 47 heavy (non-hydrogen) atoms. The van der Waals surface area contributed by atoms with E-state index in [1.165, 1.54) is 40.8 Å². The number of aryl methyl sites for hydroxylation is 1. The summed E-state index contributed by atoms with van der Waals surface area (Å²) in [6.45, 7) is 6.94. The zero-order valence-corrected chi connectivity index (χ0v) is 27.4. The first-order valence-corrected chi connectivity index (χ1v) is 16.3. The number of carbonyl (C=O) groups is 1. The molecule has 1 aromatic heterocycles. The fraction of sp³-hybridized carbons (Fsp3) is 0.353. The number of anilines is 1. The predicted molar refractivity (Wildman–Crippen MR) is 179 cm³/mol. The Morgan fingerprint density at radius 1 is 1.09 bits per heavy atom. The summed E-state index contributed by atoms with van der Waals surface area (Å²) in [5, 5.41) is 8.08. The lowest BCUT2D eigenvalue weighted by molar-refractivity contribution is -0.274. The Morgan fingerprint density at radius 2 is 1.81 bits per heavy atom. The van der Waals surface area contributed by atoms with Crippen molar-refractivity contribution in [1.29, 1.82) is 0 Å². The van der Waals surface area contributed by atoms with E-state index in [1.54, 1.807) is 18.9 Å². The van der Waals surface area contributed by atoms with Gasteiger partial charge in [-0.25, -0.2) is 14.5 Å². The maximum atomic E-state index is 12.9. The average Bonchev–Trinajstić information content (AvgIpc) is 3.53. The minimum Gasteiger partial charge on any atom is -0.497 e. The van der Waals surface area contributed by atoms with Crippen molar-refractivity contribution in [3.63, 3.8) is 0 Å². The summed E-state index contributed by atoms with van der Waals surface area (Å²) in [7, 11) is 1.65. The van der Waals surface area contributed by atoms with E-state index in [4.69, 9.17) is 4.74 Å². The number of amidine groups is 1. The number of thioether (sulfide) groups is 1. The molecule has 1 atom stereocenters. The van der Waals surface area contributed by atoms with Gasteiger partial charge in [0.15, 0.2) is 11.0 Å². The average molecular weight is 667 g/mol. The van der Waals surface area contributed by atoms with Gasteiger partial charge in [0.25, 0.3) is 0 Å². The minimum atomic E-state index is -4.75. The molecule has 0 spiro atoms. The van der Waals surface area contributed by atoms with Crippen molar-refractivity contribution in [2.45, 2.75) is 58.4 Å². The van der Waals surface area contributed by atoms with Gasteiger partial charge in [-0.2, -0.15) is 4.99 Å². The van der Waals surface area contributed by atoms with E-state index in [9.17, 15) is 18.0 Å². The van der Waals surface area contributed by atoms with Crippen LogP contribution in [0.15, 0.2) is 78.0 Å². The highest BCUT2D eigenvalue weighted by Crippen LogP contribution is 2.37. The molecule has 2 heterocycles. The van der Waals surface area contributed by atoms with Crippen molar-refractivity contribution in [1.82, 2.24) is 20.1 Å². The van der Waals surface area contributed by atoms with Crippen molar-refractivity contribution in [3.05, 3.63) is 84.2 Å². The molecule has 1 saturated heterocycles. The van der Waals surface area contributed by atoms with Crippen molar-refractivity contribution < 1.29 is 27.4 Å². The van der Waals surface area contributed by atoms with E-state index < -0.39 is 6.36 Å². The monoisotopic (exact) mass is 666 g/mol. The molecule has 1 aliphatic heterocycles. The maximum absolute atomic E-state index is 12.9. The first-order valence-electron chi connectivity index (χ1n) is 15.3. The first kappa shape index (κ1) is 33.8. The molecule has 0 radical (unpaired) electrons. The number of ether oxygens (including phenoxy) is 2. The lowest BCUT2D eigenvalue weighted by Crippen LogP contribution is -2.42. The molecule has 4 aromatic rings. The Labute approximate surface area is 276 Å². The van der Waals surface area contributed by atoms with Crippen molar-refractivity contribution in [3.8, 4) is 28.6 Å². The number of rotatable bonds is 10. The number of hydrogen-bond donors (Lipinski definition) is 1. The standard InChI is InChI=1S/C34H37F3N6O3S/c1-22(2)29-16-15-28(45-4)20-30(29)43-23(3)17-19-47-33(43)40-32(44)38-18-5-6-24-7-9-25(10-8-24)31-39-21-42(41-31)26-11-13-27(14-12-26)46-34(35,36)37/h7-16,20-23H,5-6,17-19H2,1-4H3,(H,38,44). The van der Waals surface area contributed by atoms with Gasteiger partial charge in [0.1, 0.15) is 17.8 Å². The number of nitrogens with zero attached hydrogens (tertiary/aromatic N) is 5. The molecule has 13 heteroatoms. The summed E-state index contributed by atoms with van der Waals surface area (Å²) in [5.74, 6) is 2.13. The van der Waals surface area contributed by atoms with Crippen LogP contribution in [-0.4, -0.2) is 57.8 Å². The fourth-order valence-corrected chi connectivity index (χ4v) is 6.44. The van der Waals surface area contributed by atoms with Gasteiger partial charge in [-0.05, 0) is 73.6 Å². The van der Waals surface area contributed by atoms with E-state index in [0.717, 1.165) is 47.6 Å². The summed E-state index contributed by atoms with van der Waals surface area (Å²) < 4.78 is 48.2. The Balaban J connectivity index is 1.15. The van der Waals surface area contributed by atoms with Gasteiger partial charge in [0.05, 0.1) is 18.5 Å². The van der Waals surface area contributed by atoms with Crippen LogP contribution in [0.1, 0.15) is 50.7 Å². The van der Waals surface area contributed by atoms with Gasteiger partial charge in [0.2, 0.25) is 0 Å². The second-order valence-corrected chi connectivity index (χ2v) is 12.5. The number of alkyl halides is 3. The number of halogens is 3. The normalized spacial score (nSPS) is 16.0. The predicted octanol–water partition coefficient (Wildman–Crippen LogP) is 8.00. The van der Waals surface area contributed by atoms with Crippen molar-refractivity contribution in [2.24, 2.45) is 4.99 Å². The Kier molecular flexibility index (Phi) is 10.7. The number of urea groups is 1. The zero-order chi connectivity index (χ0) is 33.6. The molecule has 0 bridgehead atoms. The zero-order valence-electron chi connectivity index (χ0n) is 26.6. The summed E-state index contributed by atoms with van der Waals surface area (Å²) >= 11 is 1.59. The lowest BCUT2D eigenvalue weighted by Gasteiger charge is -2.37. The van der Waals surface area contributed by atoms with Crippen LogP contribution in [-0.2, 0) is 6.42 Å².